The molecular weight excluding hydrogens is 238 g/mol. The Morgan fingerprint density at radius 3 is 2.53 bits per heavy atom. The maximum atomic E-state index is 11.0. The van der Waals surface area contributed by atoms with Crippen molar-refractivity contribution in [3.63, 3.8) is 0 Å². The van der Waals surface area contributed by atoms with E-state index in [1.807, 2.05) is 0 Å². The molecule has 2 N–H and O–H groups in total. The zero-order valence-corrected chi connectivity index (χ0v) is 12.7. The first-order valence-electron chi connectivity index (χ1n) is 7.85. The van der Waals surface area contributed by atoms with Gasteiger partial charge in [-0.3, -0.25) is 4.79 Å². The lowest BCUT2D eigenvalue weighted by atomic mass is 9.94. The highest BCUT2D eigenvalue weighted by Gasteiger charge is 2.16. The Balaban J connectivity index is 1.91. The Bertz CT molecular complexity index is 240. The minimum atomic E-state index is 0.138. The van der Waals surface area contributed by atoms with Crippen LogP contribution in [-0.4, -0.2) is 50.6 Å². The Labute approximate surface area is 118 Å². The van der Waals surface area contributed by atoms with E-state index in [9.17, 15) is 4.79 Å². The Morgan fingerprint density at radius 1 is 1.16 bits per heavy atom. The molecule has 0 aromatic rings. The standard InChI is InChI=1S/C15H31N3O/c1-16-15(19)10-6-11-17-12-7-13-18(2)14-8-4-3-5-9-14/h14,17H,3-13H2,1-2H3,(H,16,19). The first kappa shape index (κ1) is 16.4. The number of hydrogen-bond acceptors (Lipinski definition) is 3. The summed E-state index contributed by atoms with van der Waals surface area (Å²) in [6.45, 7) is 3.19. The molecule has 1 rings (SSSR count). The van der Waals surface area contributed by atoms with Crippen molar-refractivity contribution in [2.24, 2.45) is 0 Å². The molecule has 0 spiro atoms. The van der Waals surface area contributed by atoms with Crippen LogP contribution < -0.4 is 10.6 Å². The molecule has 112 valence electrons. The Hall–Kier alpha value is -0.610. The molecule has 0 saturated heterocycles. The Morgan fingerprint density at radius 2 is 1.84 bits per heavy atom. The first-order chi connectivity index (χ1) is 9.24. The molecule has 0 bridgehead atoms. The van der Waals surface area contributed by atoms with Crippen LogP contribution in [0, 0.1) is 0 Å². The highest BCUT2D eigenvalue weighted by Crippen LogP contribution is 2.21. The number of carbonyl (C=O) groups is 1. The predicted octanol–water partition coefficient (Wildman–Crippen LogP) is 1.76. The minimum Gasteiger partial charge on any atom is -0.359 e. The van der Waals surface area contributed by atoms with Crippen molar-refractivity contribution < 1.29 is 4.79 Å². The summed E-state index contributed by atoms with van der Waals surface area (Å²) in [6, 6.07) is 0.821. The molecule has 0 aromatic carbocycles. The second kappa shape index (κ2) is 10.2. The summed E-state index contributed by atoms with van der Waals surface area (Å²) in [7, 11) is 3.96. The van der Waals surface area contributed by atoms with Gasteiger partial charge in [0.2, 0.25) is 5.91 Å². The van der Waals surface area contributed by atoms with Gasteiger partial charge in [-0.25, -0.2) is 0 Å². The summed E-state index contributed by atoms with van der Waals surface area (Å²) in [5.74, 6) is 0.138. The van der Waals surface area contributed by atoms with E-state index in [4.69, 9.17) is 0 Å². The van der Waals surface area contributed by atoms with Crippen molar-refractivity contribution in [3.8, 4) is 0 Å². The fourth-order valence-corrected chi connectivity index (χ4v) is 2.78. The van der Waals surface area contributed by atoms with Gasteiger partial charge in [0, 0.05) is 19.5 Å². The molecular formula is C15H31N3O. The van der Waals surface area contributed by atoms with E-state index in [1.165, 1.54) is 45.1 Å². The maximum absolute atomic E-state index is 11.0. The van der Waals surface area contributed by atoms with E-state index in [0.29, 0.717) is 6.42 Å². The molecule has 0 radical (unpaired) electrons. The molecule has 0 atom stereocenters. The minimum absolute atomic E-state index is 0.138. The van der Waals surface area contributed by atoms with Gasteiger partial charge in [-0.2, -0.15) is 0 Å². The molecule has 1 saturated carbocycles. The summed E-state index contributed by atoms with van der Waals surface area (Å²) < 4.78 is 0. The van der Waals surface area contributed by atoms with Crippen LogP contribution in [0.2, 0.25) is 0 Å². The largest absolute Gasteiger partial charge is 0.359 e. The molecule has 1 aliphatic carbocycles. The van der Waals surface area contributed by atoms with E-state index in [1.54, 1.807) is 7.05 Å². The third-order valence-corrected chi connectivity index (χ3v) is 4.10. The van der Waals surface area contributed by atoms with Crippen molar-refractivity contribution >= 4 is 5.91 Å². The van der Waals surface area contributed by atoms with Crippen molar-refractivity contribution in [3.05, 3.63) is 0 Å². The summed E-state index contributed by atoms with van der Waals surface area (Å²) in [6.07, 6.45) is 9.78. The van der Waals surface area contributed by atoms with Gasteiger partial charge in [-0.05, 0) is 52.4 Å². The lowest BCUT2D eigenvalue weighted by molar-refractivity contribution is -0.120. The summed E-state index contributed by atoms with van der Waals surface area (Å²) in [5.41, 5.74) is 0. The predicted molar refractivity (Wildman–Crippen MR) is 80.3 cm³/mol. The fourth-order valence-electron chi connectivity index (χ4n) is 2.78. The van der Waals surface area contributed by atoms with E-state index >= 15 is 0 Å². The zero-order chi connectivity index (χ0) is 13.9. The van der Waals surface area contributed by atoms with E-state index in [2.05, 4.69) is 22.6 Å². The van der Waals surface area contributed by atoms with Gasteiger partial charge in [-0.15, -0.1) is 0 Å². The third kappa shape index (κ3) is 7.53. The van der Waals surface area contributed by atoms with Crippen molar-refractivity contribution in [2.75, 3.05) is 33.7 Å². The average Bonchev–Trinajstić information content (AvgIpc) is 2.46. The molecule has 0 unspecified atom stereocenters. The molecule has 0 heterocycles. The normalized spacial score (nSPS) is 16.8. The zero-order valence-electron chi connectivity index (χ0n) is 12.7. The van der Waals surface area contributed by atoms with Crippen LogP contribution in [0.4, 0.5) is 0 Å². The monoisotopic (exact) mass is 269 g/mol. The highest BCUT2D eigenvalue weighted by molar-refractivity contribution is 5.75. The second-order valence-electron chi connectivity index (χ2n) is 5.65. The second-order valence-corrected chi connectivity index (χ2v) is 5.65. The van der Waals surface area contributed by atoms with Crippen LogP contribution in [0.15, 0.2) is 0 Å². The molecule has 4 heteroatoms. The van der Waals surface area contributed by atoms with Gasteiger partial charge >= 0.3 is 0 Å². The average molecular weight is 269 g/mol. The number of nitrogens with zero attached hydrogens (tertiary/aromatic N) is 1. The van der Waals surface area contributed by atoms with E-state index in [0.717, 1.165) is 25.6 Å². The lowest BCUT2D eigenvalue weighted by Gasteiger charge is -2.31. The van der Waals surface area contributed by atoms with Gasteiger partial charge < -0.3 is 15.5 Å². The third-order valence-electron chi connectivity index (χ3n) is 4.10. The van der Waals surface area contributed by atoms with Crippen molar-refractivity contribution in [1.82, 2.24) is 15.5 Å². The van der Waals surface area contributed by atoms with Gasteiger partial charge in [0.25, 0.3) is 0 Å². The highest BCUT2D eigenvalue weighted by atomic mass is 16.1. The summed E-state index contributed by atoms with van der Waals surface area (Å²) in [5, 5.41) is 6.06. The van der Waals surface area contributed by atoms with Crippen LogP contribution in [0.3, 0.4) is 0 Å². The molecule has 1 amide bonds. The fraction of sp³-hybridized carbons (Fsp3) is 0.933. The van der Waals surface area contributed by atoms with Gasteiger partial charge in [-0.1, -0.05) is 19.3 Å². The maximum Gasteiger partial charge on any atom is 0.219 e. The van der Waals surface area contributed by atoms with Gasteiger partial charge in [0.15, 0.2) is 0 Å². The van der Waals surface area contributed by atoms with Crippen LogP contribution in [0.1, 0.15) is 51.4 Å². The van der Waals surface area contributed by atoms with Gasteiger partial charge in [0.1, 0.15) is 0 Å². The number of amides is 1. The number of rotatable bonds is 9. The molecule has 1 aliphatic rings. The molecule has 4 nitrogen and oxygen atoms in total. The van der Waals surface area contributed by atoms with E-state index in [-0.39, 0.29) is 5.91 Å². The quantitative estimate of drug-likeness (QED) is 0.627. The summed E-state index contributed by atoms with van der Waals surface area (Å²) >= 11 is 0. The molecule has 0 aromatic heterocycles. The lowest BCUT2D eigenvalue weighted by Crippen LogP contribution is -2.35. The van der Waals surface area contributed by atoms with Crippen LogP contribution in [0.5, 0.6) is 0 Å². The number of carbonyl (C=O) groups excluding carboxylic acids is 1. The SMILES string of the molecule is CNC(=O)CCCNCCCN(C)C1CCCCC1. The van der Waals surface area contributed by atoms with Crippen LogP contribution >= 0.6 is 0 Å². The first-order valence-corrected chi connectivity index (χ1v) is 7.85. The topological polar surface area (TPSA) is 44.4 Å². The van der Waals surface area contributed by atoms with Gasteiger partial charge in [0.05, 0.1) is 0 Å². The molecule has 19 heavy (non-hydrogen) atoms. The van der Waals surface area contributed by atoms with Crippen LogP contribution in [0.25, 0.3) is 0 Å². The Kier molecular flexibility index (Phi) is 8.84. The molecule has 0 aliphatic heterocycles. The van der Waals surface area contributed by atoms with E-state index < -0.39 is 0 Å². The van der Waals surface area contributed by atoms with Crippen LogP contribution in [-0.2, 0) is 4.79 Å². The van der Waals surface area contributed by atoms with Crippen molar-refractivity contribution in [2.45, 2.75) is 57.4 Å². The summed E-state index contributed by atoms with van der Waals surface area (Å²) in [4.78, 5) is 13.6. The number of hydrogen-bond donors (Lipinski definition) is 2. The van der Waals surface area contributed by atoms with Crippen molar-refractivity contribution in [1.29, 1.82) is 0 Å². The molecule has 1 fully saturated rings. The smallest absolute Gasteiger partial charge is 0.219 e. The number of nitrogens with one attached hydrogen (secondary N) is 2.